The number of halogens is 2. The maximum atomic E-state index is 12.8. The average Bonchev–Trinajstić information content (AvgIpc) is 2.48. The molecule has 2 atom stereocenters. The molecular weight excluding hydrogens is 321 g/mol. The summed E-state index contributed by atoms with van der Waals surface area (Å²) in [6, 6.07) is 6.11. The zero-order valence-electron chi connectivity index (χ0n) is 11.6. The minimum atomic E-state index is -0.267. The van der Waals surface area contributed by atoms with Gasteiger partial charge in [-0.2, -0.15) is 0 Å². The van der Waals surface area contributed by atoms with Gasteiger partial charge in [0.15, 0.2) is 0 Å². The lowest BCUT2D eigenvalue weighted by Gasteiger charge is -2.30. The third-order valence-electron chi connectivity index (χ3n) is 4.10. The second-order valence-corrected chi connectivity index (χ2v) is 6.21. The molecule has 1 saturated carbocycles. The zero-order valence-corrected chi connectivity index (χ0v) is 13.2. The fourth-order valence-corrected chi connectivity index (χ4v) is 3.70. The van der Waals surface area contributed by atoms with Crippen LogP contribution >= 0.6 is 15.9 Å². The molecule has 1 N–H and O–H groups in total. The minimum Gasteiger partial charge on any atom is -0.356 e. The molecule has 0 spiro atoms. The van der Waals surface area contributed by atoms with E-state index in [0.29, 0.717) is 18.3 Å². The molecule has 20 heavy (non-hydrogen) atoms. The van der Waals surface area contributed by atoms with Gasteiger partial charge < -0.3 is 5.32 Å². The summed E-state index contributed by atoms with van der Waals surface area (Å²) in [5.41, 5.74) is 0.851. The van der Waals surface area contributed by atoms with Crippen LogP contribution < -0.4 is 5.32 Å². The first-order chi connectivity index (χ1) is 9.69. The van der Waals surface area contributed by atoms with Gasteiger partial charge in [0.1, 0.15) is 5.82 Å². The largest absolute Gasteiger partial charge is 0.356 e. The smallest absolute Gasteiger partial charge is 0.224 e. The highest BCUT2D eigenvalue weighted by molar-refractivity contribution is 9.09. The number of hydrogen-bond acceptors (Lipinski definition) is 1. The molecule has 0 bridgehead atoms. The van der Waals surface area contributed by atoms with Gasteiger partial charge in [0, 0.05) is 11.9 Å². The summed E-state index contributed by atoms with van der Waals surface area (Å²) in [6.07, 6.45) is 5.35. The van der Waals surface area contributed by atoms with Crippen LogP contribution in [0.15, 0.2) is 24.3 Å². The summed E-state index contributed by atoms with van der Waals surface area (Å²) >= 11 is 3.57. The Morgan fingerprint density at radius 3 is 2.50 bits per heavy atom. The third kappa shape index (κ3) is 4.58. The molecule has 0 radical (unpaired) electrons. The maximum absolute atomic E-state index is 12.8. The van der Waals surface area contributed by atoms with E-state index in [9.17, 15) is 9.18 Å². The molecule has 2 nitrogen and oxygen atoms in total. The molecule has 4 heteroatoms. The molecule has 1 fully saturated rings. The Bertz CT molecular complexity index is 435. The number of alkyl halides is 1. The third-order valence-corrected chi connectivity index (χ3v) is 4.94. The molecule has 0 heterocycles. The fraction of sp³-hybridized carbons (Fsp3) is 0.562. The summed E-state index contributed by atoms with van der Waals surface area (Å²) < 4.78 is 12.8. The van der Waals surface area contributed by atoms with Crippen LogP contribution in [0, 0.1) is 17.7 Å². The fourth-order valence-electron chi connectivity index (χ4n) is 2.85. The van der Waals surface area contributed by atoms with Crippen LogP contribution in [0.1, 0.15) is 31.2 Å². The summed E-state index contributed by atoms with van der Waals surface area (Å²) in [5.74, 6) is 1.02. The quantitative estimate of drug-likeness (QED) is 0.813. The van der Waals surface area contributed by atoms with Gasteiger partial charge in [0.25, 0.3) is 0 Å². The SMILES string of the molecule is O=C(Cc1ccc(F)cc1)NCC1CCCCC1CBr. The number of amides is 1. The van der Waals surface area contributed by atoms with Crippen molar-refractivity contribution >= 4 is 21.8 Å². The van der Waals surface area contributed by atoms with Gasteiger partial charge in [-0.3, -0.25) is 4.79 Å². The zero-order chi connectivity index (χ0) is 14.4. The lowest BCUT2D eigenvalue weighted by Crippen LogP contribution is -2.35. The highest BCUT2D eigenvalue weighted by atomic mass is 79.9. The monoisotopic (exact) mass is 341 g/mol. The van der Waals surface area contributed by atoms with Gasteiger partial charge >= 0.3 is 0 Å². The molecule has 1 amide bonds. The predicted octanol–water partition coefficient (Wildman–Crippen LogP) is 3.69. The lowest BCUT2D eigenvalue weighted by atomic mass is 9.80. The summed E-state index contributed by atoms with van der Waals surface area (Å²) in [6.45, 7) is 0.760. The Labute approximate surface area is 128 Å². The van der Waals surface area contributed by atoms with E-state index in [1.54, 1.807) is 12.1 Å². The molecular formula is C16H21BrFNO. The Morgan fingerprint density at radius 2 is 1.85 bits per heavy atom. The standard InChI is InChI=1S/C16H21BrFNO/c17-10-13-3-1-2-4-14(13)11-19-16(20)9-12-5-7-15(18)8-6-12/h5-8,13-14H,1-4,9-11H2,(H,19,20). The van der Waals surface area contributed by atoms with Crippen LogP contribution in [-0.4, -0.2) is 17.8 Å². The van der Waals surface area contributed by atoms with Crippen molar-refractivity contribution in [3.8, 4) is 0 Å². The molecule has 0 aromatic heterocycles. The van der Waals surface area contributed by atoms with E-state index >= 15 is 0 Å². The first kappa shape index (κ1) is 15.5. The summed E-state index contributed by atoms with van der Waals surface area (Å²) in [7, 11) is 0. The van der Waals surface area contributed by atoms with Gasteiger partial charge in [-0.25, -0.2) is 4.39 Å². The van der Waals surface area contributed by atoms with Gasteiger partial charge in [0.05, 0.1) is 6.42 Å². The van der Waals surface area contributed by atoms with Crippen molar-refractivity contribution in [2.45, 2.75) is 32.1 Å². The first-order valence-electron chi connectivity index (χ1n) is 7.26. The van der Waals surface area contributed by atoms with E-state index in [0.717, 1.165) is 17.4 Å². The predicted molar refractivity (Wildman–Crippen MR) is 82.4 cm³/mol. The van der Waals surface area contributed by atoms with Crippen LogP contribution in [-0.2, 0) is 11.2 Å². The second-order valence-electron chi connectivity index (χ2n) is 5.57. The molecule has 110 valence electrons. The molecule has 0 aliphatic heterocycles. The molecule has 1 aromatic rings. The molecule has 2 unspecified atom stereocenters. The Hall–Kier alpha value is -0.900. The van der Waals surface area contributed by atoms with Crippen LogP contribution in [0.3, 0.4) is 0 Å². The van der Waals surface area contributed by atoms with E-state index in [1.165, 1.54) is 37.8 Å². The van der Waals surface area contributed by atoms with Crippen LogP contribution in [0.2, 0.25) is 0 Å². The molecule has 2 rings (SSSR count). The average molecular weight is 342 g/mol. The van der Waals surface area contributed by atoms with Crippen molar-refractivity contribution in [3.05, 3.63) is 35.6 Å². The maximum Gasteiger partial charge on any atom is 0.224 e. The van der Waals surface area contributed by atoms with Crippen LogP contribution in [0.5, 0.6) is 0 Å². The highest BCUT2D eigenvalue weighted by Gasteiger charge is 2.24. The van der Waals surface area contributed by atoms with E-state index in [4.69, 9.17) is 0 Å². The topological polar surface area (TPSA) is 29.1 Å². The molecule has 1 aromatic carbocycles. The Morgan fingerprint density at radius 1 is 1.20 bits per heavy atom. The van der Waals surface area contributed by atoms with Crippen molar-refractivity contribution in [1.29, 1.82) is 0 Å². The minimum absolute atomic E-state index is 0.0236. The number of rotatable bonds is 5. The van der Waals surface area contributed by atoms with Crippen LogP contribution in [0.4, 0.5) is 4.39 Å². The molecule has 1 aliphatic carbocycles. The van der Waals surface area contributed by atoms with Crippen molar-refractivity contribution in [1.82, 2.24) is 5.32 Å². The molecule has 0 saturated heterocycles. The van der Waals surface area contributed by atoms with Gasteiger partial charge in [-0.1, -0.05) is 40.9 Å². The number of nitrogens with one attached hydrogen (secondary N) is 1. The summed E-state index contributed by atoms with van der Waals surface area (Å²) in [5, 5.41) is 4.05. The normalized spacial score (nSPS) is 22.5. The van der Waals surface area contributed by atoms with Crippen molar-refractivity contribution in [2.24, 2.45) is 11.8 Å². The number of carbonyl (C=O) groups excluding carboxylic acids is 1. The van der Waals surface area contributed by atoms with Gasteiger partial charge in [-0.15, -0.1) is 0 Å². The van der Waals surface area contributed by atoms with Crippen molar-refractivity contribution < 1.29 is 9.18 Å². The number of carbonyl (C=O) groups is 1. The van der Waals surface area contributed by atoms with E-state index in [-0.39, 0.29) is 11.7 Å². The van der Waals surface area contributed by atoms with E-state index in [2.05, 4.69) is 21.2 Å². The number of hydrogen-bond donors (Lipinski definition) is 1. The first-order valence-corrected chi connectivity index (χ1v) is 8.38. The summed E-state index contributed by atoms with van der Waals surface area (Å²) in [4.78, 5) is 11.9. The van der Waals surface area contributed by atoms with Crippen LogP contribution in [0.25, 0.3) is 0 Å². The van der Waals surface area contributed by atoms with Gasteiger partial charge in [0.2, 0.25) is 5.91 Å². The highest BCUT2D eigenvalue weighted by Crippen LogP contribution is 2.30. The Balaban J connectivity index is 1.78. The lowest BCUT2D eigenvalue weighted by molar-refractivity contribution is -0.120. The van der Waals surface area contributed by atoms with E-state index < -0.39 is 0 Å². The van der Waals surface area contributed by atoms with Crippen molar-refractivity contribution in [2.75, 3.05) is 11.9 Å². The van der Waals surface area contributed by atoms with Gasteiger partial charge in [-0.05, 0) is 42.4 Å². The molecule has 1 aliphatic rings. The van der Waals surface area contributed by atoms with Crippen molar-refractivity contribution in [3.63, 3.8) is 0 Å². The second kappa shape index (κ2) is 7.77. The number of benzene rings is 1. The van der Waals surface area contributed by atoms with E-state index in [1.807, 2.05) is 0 Å². The Kier molecular flexibility index (Phi) is 6.02.